The van der Waals surface area contributed by atoms with Crippen molar-refractivity contribution in [3.8, 4) is 0 Å². The number of nitrogens with zero attached hydrogens (tertiary/aromatic N) is 3. The molecular weight excluding hydrogens is 437 g/mol. The van der Waals surface area contributed by atoms with Crippen molar-refractivity contribution in [3.05, 3.63) is 81.8 Å². The van der Waals surface area contributed by atoms with Gasteiger partial charge in [-0.15, -0.1) is 11.3 Å². The highest BCUT2D eigenvalue weighted by Gasteiger charge is 2.17. The van der Waals surface area contributed by atoms with Crippen molar-refractivity contribution in [2.45, 2.75) is 19.4 Å². The van der Waals surface area contributed by atoms with Crippen LogP contribution in [0.1, 0.15) is 34.6 Å². The van der Waals surface area contributed by atoms with Crippen LogP contribution >= 0.6 is 22.9 Å². The normalized spacial score (nSPS) is 12.0. The summed E-state index contributed by atoms with van der Waals surface area (Å²) >= 11 is 7.32. The van der Waals surface area contributed by atoms with Crippen molar-refractivity contribution in [2.75, 3.05) is 11.9 Å². The molecule has 0 radical (unpaired) electrons. The Bertz CT molecular complexity index is 1210. The van der Waals surface area contributed by atoms with Crippen molar-refractivity contribution < 1.29 is 9.18 Å². The molecule has 0 saturated heterocycles. The van der Waals surface area contributed by atoms with Gasteiger partial charge in [-0.3, -0.25) is 9.78 Å². The van der Waals surface area contributed by atoms with Gasteiger partial charge in [-0.2, -0.15) is 0 Å². The van der Waals surface area contributed by atoms with Gasteiger partial charge in [0.1, 0.15) is 5.82 Å². The molecule has 4 rings (SSSR count). The van der Waals surface area contributed by atoms with E-state index in [-0.39, 0.29) is 11.9 Å². The van der Waals surface area contributed by atoms with Crippen molar-refractivity contribution in [3.63, 3.8) is 0 Å². The second-order valence-electron chi connectivity index (χ2n) is 6.97. The number of carbonyl (C=O) groups excluding carboxylic acids is 1. The van der Waals surface area contributed by atoms with E-state index in [9.17, 15) is 9.18 Å². The number of benzene rings is 1. The predicted octanol–water partition coefficient (Wildman–Crippen LogP) is 5.02. The molecule has 158 valence electrons. The summed E-state index contributed by atoms with van der Waals surface area (Å²) in [5.41, 5.74) is 2.72. The molecule has 0 fully saturated rings. The van der Waals surface area contributed by atoms with Gasteiger partial charge in [-0.1, -0.05) is 23.7 Å². The predicted molar refractivity (Wildman–Crippen MR) is 121 cm³/mol. The third-order valence-electron chi connectivity index (χ3n) is 4.70. The van der Waals surface area contributed by atoms with Gasteiger partial charge in [-0.25, -0.2) is 14.4 Å². The fraction of sp³-hybridized carbons (Fsp3) is 0.182. The average Bonchev–Trinajstić information content (AvgIpc) is 3.23. The zero-order chi connectivity index (χ0) is 21.8. The minimum atomic E-state index is -0.416. The molecule has 4 aromatic rings. The summed E-state index contributed by atoms with van der Waals surface area (Å²) in [4.78, 5) is 25.6. The Morgan fingerprint density at radius 2 is 2.00 bits per heavy atom. The Morgan fingerprint density at radius 3 is 2.77 bits per heavy atom. The zero-order valence-electron chi connectivity index (χ0n) is 16.6. The van der Waals surface area contributed by atoms with Gasteiger partial charge >= 0.3 is 0 Å². The number of aromatic nitrogens is 3. The molecule has 1 amide bonds. The van der Waals surface area contributed by atoms with E-state index >= 15 is 0 Å². The fourth-order valence-electron chi connectivity index (χ4n) is 3.08. The first kappa shape index (κ1) is 21.1. The van der Waals surface area contributed by atoms with Crippen LogP contribution in [-0.4, -0.2) is 27.4 Å². The summed E-state index contributed by atoms with van der Waals surface area (Å²) in [6.45, 7) is 2.31. The van der Waals surface area contributed by atoms with Gasteiger partial charge in [0.2, 0.25) is 5.95 Å². The van der Waals surface area contributed by atoms with E-state index < -0.39 is 5.82 Å². The number of nitrogens with one attached hydrogen (secondary N) is 2. The summed E-state index contributed by atoms with van der Waals surface area (Å²) in [7, 11) is 0. The molecule has 2 N–H and O–H groups in total. The van der Waals surface area contributed by atoms with Crippen molar-refractivity contribution in [1.82, 2.24) is 20.3 Å². The van der Waals surface area contributed by atoms with Gasteiger partial charge in [0.25, 0.3) is 5.91 Å². The van der Waals surface area contributed by atoms with E-state index in [4.69, 9.17) is 11.6 Å². The lowest BCUT2D eigenvalue weighted by Crippen LogP contribution is -2.27. The van der Waals surface area contributed by atoms with Crippen LogP contribution in [0.2, 0.25) is 5.02 Å². The molecule has 3 heterocycles. The van der Waals surface area contributed by atoms with Crippen LogP contribution < -0.4 is 10.6 Å². The molecule has 9 heteroatoms. The molecular formula is C22H19ClFN5OS. The molecule has 0 aliphatic rings. The number of amides is 1. The Morgan fingerprint density at radius 1 is 1.19 bits per heavy atom. The first-order chi connectivity index (χ1) is 15.0. The van der Waals surface area contributed by atoms with Gasteiger partial charge in [0, 0.05) is 17.8 Å². The number of carbonyl (C=O) groups is 1. The number of pyridine rings is 1. The van der Waals surface area contributed by atoms with Crippen LogP contribution in [-0.2, 0) is 6.42 Å². The van der Waals surface area contributed by atoms with Crippen LogP contribution in [0.15, 0.2) is 54.2 Å². The number of hydrogen-bond acceptors (Lipinski definition) is 6. The number of fused-ring (bicyclic) bond motifs is 1. The Kier molecular flexibility index (Phi) is 6.39. The van der Waals surface area contributed by atoms with Crippen LogP contribution in [0, 0.1) is 5.82 Å². The van der Waals surface area contributed by atoms with E-state index in [1.54, 1.807) is 6.20 Å². The first-order valence-corrected chi connectivity index (χ1v) is 10.9. The molecule has 0 bridgehead atoms. The smallest absolute Gasteiger partial charge is 0.271 e. The number of rotatable bonds is 7. The number of thiophene rings is 1. The Hall–Kier alpha value is -3.10. The molecule has 0 saturated carbocycles. The molecule has 0 aliphatic carbocycles. The van der Waals surface area contributed by atoms with Gasteiger partial charge in [0.15, 0.2) is 5.69 Å². The highest BCUT2D eigenvalue weighted by molar-refractivity contribution is 7.17. The maximum absolute atomic E-state index is 13.5. The van der Waals surface area contributed by atoms with Crippen LogP contribution in [0.5, 0.6) is 0 Å². The van der Waals surface area contributed by atoms with E-state index in [1.165, 1.54) is 17.4 Å². The lowest BCUT2D eigenvalue weighted by Gasteiger charge is -2.15. The largest absolute Gasteiger partial charge is 0.350 e. The highest BCUT2D eigenvalue weighted by Crippen LogP contribution is 2.25. The third kappa shape index (κ3) is 5.15. The maximum atomic E-state index is 13.5. The fourth-order valence-corrected chi connectivity index (χ4v) is 4.02. The molecule has 31 heavy (non-hydrogen) atoms. The summed E-state index contributed by atoms with van der Waals surface area (Å²) in [6, 6.07) is 10.5. The minimum Gasteiger partial charge on any atom is -0.350 e. The topological polar surface area (TPSA) is 79.8 Å². The first-order valence-electron chi connectivity index (χ1n) is 9.64. The van der Waals surface area contributed by atoms with E-state index in [0.29, 0.717) is 40.7 Å². The number of anilines is 1. The summed E-state index contributed by atoms with van der Waals surface area (Å²) in [5.74, 6) is -0.390. The third-order valence-corrected chi connectivity index (χ3v) is 5.87. The minimum absolute atomic E-state index is 0.271. The van der Waals surface area contributed by atoms with E-state index in [0.717, 1.165) is 16.5 Å². The Labute approximate surface area is 187 Å². The monoisotopic (exact) mass is 455 g/mol. The summed E-state index contributed by atoms with van der Waals surface area (Å²) < 4.78 is 14.2. The summed E-state index contributed by atoms with van der Waals surface area (Å²) in [5, 5.41) is 8.60. The molecule has 0 spiro atoms. The molecule has 0 aliphatic heterocycles. The molecule has 1 unspecified atom stereocenters. The molecule has 3 aromatic heterocycles. The van der Waals surface area contributed by atoms with Crippen LogP contribution in [0.4, 0.5) is 10.3 Å². The van der Waals surface area contributed by atoms with Crippen molar-refractivity contribution in [1.29, 1.82) is 0 Å². The second kappa shape index (κ2) is 9.36. The second-order valence-corrected chi connectivity index (χ2v) is 8.32. The molecule has 6 nitrogen and oxygen atoms in total. The van der Waals surface area contributed by atoms with Crippen molar-refractivity contribution >= 4 is 45.0 Å². The molecule has 1 atom stereocenters. The van der Waals surface area contributed by atoms with Crippen LogP contribution in [0.25, 0.3) is 10.2 Å². The van der Waals surface area contributed by atoms with Crippen LogP contribution in [0.3, 0.4) is 0 Å². The maximum Gasteiger partial charge on any atom is 0.271 e. The average molecular weight is 456 g/mol. The van der Waals surface area contributed by atoms with Crippen molar-refractivity contribution in [2.24, 2.45) is 0 Å². The molecule has 1 aromatic carbocycles. The number of hydrogen-bond donors (Lipinski definition) is 2. The zero-order valence-corrected chi connectivity index (χ0v) is 18.2. The summed E-state index contributed by atoms with van der Waals surface area (Å²) in [6.07, 6.45) is 3.40. The van der Waals surface area contributed by atoms with E-state index in [2.05, 4.69) is 25.6 Å². The van der Waals surface area contributed by atoms with Gasteiger partial charge in [-0.05, 0) is 54.1 Å². The Balaban J connectivity index is 1.49. The SMILES string of the molecule is CC(Nc1nc(C(=O)NCCc2ccc(Cl)cc2)c2sccc2n1)c1cncc(F)c1. The highest BCUT2D eigenvalue weighted by atomic mass is 35.5. The lowest BCUT2D eigenvalue weighted by atomic mass is 10.1. The van der Waals surface area contributed by atoms with E-state index in [1.807, 2.05) is 42.6 Å². The quantitative estimate of drug-likeness (QED) is 0.409. The standard InChI is InChI=1S/C22H19ClFN5OS/c1-13(15-10-17(24)12-25-11-15)27-22-28-18-7-9-31-20(18)19(29-22)21(30)26-8-6-14-2-4-16(23)5-3-14/h2-5,7,9-13H,6,8H2,1H3,(H,26,30)(H,27,28,29). The van der Waals surface area contributed by atoms with Gasteiger partial charge in [0.05, 0.1) is 22.5 Å². The lowest BCUT2D eigenvalue weighted by molar-refractivity contribution is 0.0951. The number of halogens is 2. The van der Waals surface area contributed by atoms with Gasteiger partial charge < -0.3 is 10.6 Å².